The summed E-state index contributed by atoms with van der Waals surface area (Å²) in [5, 5.41) is 14.3. The Balaban J connectivity index is 1.68. The lowest BCUT2D eigenvalue weighted by Crippen LogP contribution is -2.47. The van der Waals surface area contributed by atoms with Gasteiger partial charge in [0.25, 0.3) is 0 Å². The summed E-state index contributed by atoms with van der Waals surface area (Å²) in [6.07, 6.45) is 1.55. The molecule has 0 N–H and O–H groups in total. The topological polar surface area (TPSA) is 87.3 Å². The first-order chi connectivity index (χ1) is 14.9. The summed E-state index contributed by atoms with van der Waals surface area (Å²) < 4.78 is 21.4. The van der Waals surface area contributed by atoms with E-state index < -0.39 is 11.8 Å². The van der Waals surface area contributed by atoms with E-state index in [1.807, 2.05) is 24.9 Å². The van der Waals surface area contributed by atoms with Crippen LogP contribution in [0.1, 0.15) is 28.5 Å². The number of fused-ring (bicyclic) bond motifs is 1. The largest absolute Gasteiger partial charge is 0.462 e. The van der Waals surface area contributed by atoms with Gasteiger partial charge >= 0.3 is 5.97 Å². The molecule has 0 saturated carbocycles. The molecule has 3 heterocycles. The average molecular weight is 422 g/mol. The van der Waals surface area contributed by atoms with E-state index in [1.165, 1.54) is 6.07 Å². The molecule has 0 atom stereocenters. The molecule has 1 fully saturated rings. The van der Waals surface area contributed by atoms with Crippen molar-refractivity contribution in [1.29, 1.82) is 5.26 Å². The third-order valence-corrected chi connectivity index (χ3v) is 5.51. The van der Waals surface area contributed by atoms with Gasteiger partial charge in [0.2, 0.25) is 0 Å². The maximum atomic E-state index is 14.5. The third kappa shape index (κ3) is 3.65. The predicted molar refractivity (Wildman–Crippen MR) is 115 cm³/mol. The highest BCUT2D eigenvalue weighted by atomic mass is 19.1. The van der Waals surface area contributed by atoms with Gasteiger partial charge < -0.3 is 14.5 Å². The molecule has 1 saturated heterocycles. The molecular formula is C22H23FN6O2. The van der Waals surface area contributed by atoms with Crippen LogP contribution in [0.25, 0.3) is 11.0 Å². The lowest BCUT2D eigenvalue weighted by molar-refractivity contribution is 0.0526. The number of ether oxygens (including phenoxy) is 1. The second kappa shape index (κ2) is 8.22. The molecule has 9 heteroatoms. The molecule has 0 amide bonds. The lowest BCUT2D eigenvalue weighted by atomic mass is 10.1. The smallest absolute Gasteiger partial charge is 0.341 e. The molecule has 160 valence electrons. The lowest BCUT2D eigenvalue weighted by Gasteiger charge is -2.38. The fraction of sp³-hybridized carbons (Fsp3) is 0.364. The number of anilines is 2. The van der Waals surface area contributed by atoms with Crippen LogP contribution in [0.3, 0.4) is 0 Å². The number of rotatable bonds is 4. The Morgan fingerprint density at radius 2 is 1.97 bits per heavy atom. The van der Waals surface area contributed by atoms with Crippen LogP contribution in [0, 0.1) is 24.1 Å². The summed E-state index contributed by atoms with van der Waals surface area (Å²) in [5.74, 6) is -0.829. The van der Waals surface area contributed by atoms with E-state index in [0.29, 0.717) is 48.6 Å². The van der Waals surface area contributed by atoms with Gasteiger partial charge in [0, 0.05) is 39.4 Å². The monoisotopic (exact) mass is 422 g/mol. The van der Waals surface area contributed by atoms with E-state index in [4.69, 9.17) is 10.00 Å². The van der Waals surface area contributed by atoms with Crippen LogP contribution >= 0.6 is 0 Å². The summed E-state index contributed by atoms with van der Waals surface area (Å²) >= 11 is 0. The highest BCUT2D eigenvalue weighted by molar-refractivity contribution is 6.05. The molecular weight excluding hydrogens is 399 g/mol. The van der Waals surface area contributed by atoms with Gasteiger partial charge in [-0.25, -0.2) is 14.2 Å². The van der Waals surface area contributed by atoms with Crippen molar-refractivity contribution in [1.82, 2.24) is 14.8 Å². The highest BCUT2D eigenvalue weighted by Gasteiger charge is 2.28. The van der Waals surface area contributed by atoms with E-state index in [2.05, 4.69) is 15.0 Å². The number of nitrogens with zero attached hydrogens (tertiary/aromatic N) is 6. The number of hydrogen-bond donors (Lipinski definition) is 0. The highest BCUT2D eigenvalue weighted by Crippen LogP contribution is 2.34. The molecule has 31 heavy (non-hydrogen) atoms. The van der Waals surface area contributed by atoms with Gasteiger partial charge in [-0.2, -0.15) is 10.4 Å². The van der Waals surface area contributed by atoms with Crippen molar-refractivity contribution in [2.75, 3.05) is 42.6 Å². The van der Waals surface area contributed by atoms with Crippen LogP contribution in [0.15, 0.2) is 24.4 Å². The normalized spacial score (nSPS) is 14.0. The van der Waals surface area contributed by atoms with E-state index in [9.17, 15) is 9.18 Å². The summed E-state index contributed by atoms with van der Waals surface area (Å²) in [6.45, 7) is 6.23. The molecule has 1 aliphatic rings. The minimum absolute atomic E-state index is 0.272. The van der Waals surface area contributed by atoms with Crippen molar-refractivity contribution in [2.24, 2.45) is 7.05 Å². The number of nitriles is 1. The number of piperazine rings is 1. The van der Waals surface area contributed by atoms with Crippen molar-refractivity contribution in [3.63, 3.8) is 0 Å². The fourth-order valence-corrected chi connectivity index (χ4v) is 4.08. The number of benzene rings is 1. The van der Waals surface area contributed by atoms with Gasteiger partial charge in [0.15, 0.2) is 5.65 Å². The predicted octanol–water partition coefficient (Wildman–Crippen LogP) is 2.79. The van der Waals surface area contributed by atoms with Gasteiger partial charge in [0.05, 0.1) is 40.7 Å². The molecule has 1 aliphatic heterocycles. The van der Waals surface area contributed by atoms with Gasteiger partial charge in [-0.05, 0) is 32.0 Å². The Morgan fingerprint density at radius 3 is 2.61 bits per heavy atom. The quantitative estimate of drug-likeness (QED) is 0.598. The maximum absolute atomic E-state index is 14.5. The summed E-state index contributed by atoms with van der Waals surface area (Å²) in [5.41, 5.74) is 3.41. The van der Waals surface area contributed by atoms with Crippen molar-refractivity contribution in [3.8, 4) is 6.07 Å². The molecule has 0 bridgehead atoms. The first-order valence-electron chi connectivity index (χ1n) is 10.1. The van der Waals surface area contributed by atoms with E-state index in [-0.39, 0.29) is 6.61 Å². The number of carbonyl (C=O) groups excluding carboxylic acids is 1. The van der Waals surface area contributed by atoms with Crippen LogP contribution < -0.4 is 9.80 Å². The molecule has 0 unspecified atom stereocenters. The molecule has 2 aromatic heterocycles. The Morgan fingerprint density at radius 1 is 1.26 bits per heavy atom. The molecule has 0 spiro atoms. The minimum Gasteiger partial charge on any atom is -0.462 e. The van der Waals surface area contributed by atoms with Crippen molar-refractivity contribution in [2.45, 2.75) is 13.8 Å². The zero-order valence-electron chi connectivity index (χ0n) is 17.7. The zero-order chi connectivity index (χ0) is 22.1. The number of pyridine rings is 1. The number of hydrogen-bond acceptors (Lipinski definition) is 7. The van der Waals surface area contributed by atoms with E-state index >= 15 is 0 Å². The number of halogens is 1. The van der Waals surface area contributed by atoms with Crippen molar-refractivity contribution >= 4 is 28.4 Å². The van der Waals surface area contributed by atoms with Crippen LogP contribution in [-0.2, 0) is 11.8 Å². The summed E-state index contributed by atoms with van der Waals surface area (Å²) in [7, 11) is 1.82. The molecule has 0 radical (unpaired) electrons. The number of esters is 1. The van der Waals surface area contributed by atoms with Gasteiger partial charge in [-0.15, -0.1) is 0 Å². The third-order valence-electron chi connectivity index (χ3n) is 5.51. The zero-order valence-corrected chi connectivity index (χ0v) is 17.7. The average Bonchev–Trinajstić information content (AvgIpc) is 3.07. The summed E-state index contributed by atoms with van der Waals surface area (Å²) in [4.78, 5) is 21.2. The summed E-state index contributed by atoms with van der Waals surface area (Å²) in [6, 6.07) is 6.47. The molecule has 1 aromatic carbocycles. The molecule has 8 nitrogen and oxygen atoms in total. The molecule has 3 aromatic rings. The Labute approximate surface area is 179 Å². The second-order valence-electron chi connectivity index (χ2n) is 7.40. The van der Waals surface area contributed by atoms with Crippen LogP contribution in [0.5, 0.6) is 0 Å². The van der Waals surface area contributed by atoms with Crippen LogP contribution in [0.2, 0.25) is 0 Å². The number of aryl methyl sites for hydroxylation is 2. The number of carbonyl (C=O) groups is 1. The Bertz CT molecular complexity index is 1190. The number of aromatic nitrogens is 3. The first-order valence-corrected chi connectivity index (χ1v) is 10.1. The van der Waals surface area contributed by atoms with Crippen molar-refractivity contribution < 1.29 is 13.9 Å². The molecule has 0 aliphatic carbocycles. The van der Waals surface area contributed by atoms with Crippen molar-refractivity contribution in [3.05, 3.63) is 47.0 Å². The van der Waals surface area contributed by atoms with E-state index in [1.54, 1.807) is 29.9 Å². The SMILES string of the molecule is CCOC(=O)c1cnc2c(c(C)nn2C)c1N1CCN(c2ccc(C#N)cc2F)CC1. The Kier molecular flexibility index (Phi) is 5.46. The van der Waals surface area contributed by atoms with Crippen LogP contribution in [0.4, 0.5) is 15.8 Å². The molecule has 4 rings (SSSR count). The van der Waals surface area contributed by atoms with Gasteiger partial charge in [0.1, 0.15) is 11.4 Å². The van der Waals surface area contributed by atoms with Gasteiger partial charge in [-0.3, -0.25) is 4.68 Å². The second-order valence-corrected chi connectivity index (χ2v) is 7.40. The first kappa shape index (κ1) is 20.6. The van der Waals surface area contributed by atoms with Gasteiger partial charge in [-0.1, -0.05) is 0 Å². The Hall–Kier alpha value is -3.67. The minimum atomic E-state index is -0.421. The van der Waals surface area contributed by atoms with Crippen LogP contribution in [-0.4, -0.2) is 53.5 Å². The fourth-order valence-electron chi connectivity index (χ4n) is 4.08. The standard InChI is InChI=1S/C22H23FN6O2/c1-4-31-22(30)16-13-25-21-19(14(2)26-27(21)3)20(16)29-9-7-28(8-10-29)18-6-5-15(12-24)11-17(18)23/h5-6,11,13H,4,7-10H2,1-3H3. The maximum Gasteiger partial charge on any atom is 0.341 e. The van der Waals surface area contributed by atoms with E-state index in [0.717, 1.165) is 16.8 Å².